The SMILES string of the molecule is CCN(Cc1ccc(O)c(N)c1)CC1CC1. The van der Waals surface area contributed by atoms with Gasteiger partial charge in [0.1, 0.15) is 5.75 Å². The number of nitrogens with two attached hydrogens (primary N) is 1. The Morgan fingerprint density at radius 3 is 2.75 bits per heavy atom. The monoisotopic (exact) mass is 220 g/mol. The molecule has 0 atom stereocenters. The van der Waals surface area contributed by atoms with Crippen LogP contribution in [-0.2, 0) is 6.54 Å². The van der Waals surface area contributed by atoms with Crippen LogP contribution in [0.25, 0.3) is 0 Å². The molecule has 0 aromatic heterocycles. The van der Waals surface area contributed by atoms with Crippen LogP contribution in [0.1, 0.15) is 25.3 Å². The van der Waals surface area contributed by atoms with Crippen LogP contribution in [0, 0.1) is 5.92 Å². The zero-order valence-corrected chi connectivity index (χ0v) is 9.82. The molecule has 88 valence electrons. The lowest BCUT2D eigenvalue weighted by molar-refractivity contribution is 0.268. The third kappa shape index (κ3) is 2.89. The minimum atomic E-state index is 0.175. The van der Waals surface area contributed by atoms with Gasteiger partial charge in [-0.25, -0.2) is 0 Å². The van der Waals surface area contributed by atoms with Crippen molar-refractivity contribution in [2.75, 3.05) is 18.8 Å². The number of aromatic hydroxyl groups is 1. The van der Waals surface area contributed by atoms with E-state index in [2.05, 4.69) is 11.8 Å². The van der Waals surface area contributed by atoms with Crippen molar-refractivity contribution in [3.8, 4) is 5.75 Å². The molecule has 0 bridgehead atoms. The van der Waals surface area contributed by atoms with Gasteiger partial charge in [-0.05, 0) is 43.0 Å². The maximum Gasteiger partial charge on any atom is 0.138 e. The Labute approximate surface area is 96.9 Å². The second-order valence-electron chi connectivity index (χ2n) is 4.66. The van der Waals surface area contributed by atoms with Gasteiger partial charge in [0.05, 0.1) is 5.69 Å². The van der Waals surface area contributed by atoms with Crippen LogP contribution in [0.5, 0.6) is 5.75 Å². The summed E-state index contributed by atoms with van der Waals surface area (Å²) in [5, 5.41) is 9.35. The van der Waals surface area contributed by atoms with E-state index in [9.17, 15) is 5.11 Å². The highest BCUT2D eigenvalue weighted by atomic mass is 16.3. The predicted octanol–water partition coefficient (Wildman–Crippen LogP) is 2.21. The Morgan fingerprint density at radius 1 is 1.44 bits per heavy atom. The minimum Gasteiger partial charge on any atom is -0.506 e. The fourth-order valence-electron chi connectivity index (χ4n) is 1.93. The maximum absolute atomic E-state index is 9.35. The quantitative estimate of drug-likeness (QED) is 0.591. The molecule has 0 amide bonds. The van der Waals surface area contributed by atoms with Crippen LogP contribution in [0.15, 0.2) is 18.2 Å². The van der Waals surface area contributed by atoms with Crippen LogP contribution >= 0.6 is 0 Å². The fraction of sp³-hybridized carbons (Fsp3) is 0.538. The van der Waals surface area contributed by atoms with Gasteiger partial charge in [0, 0.05) is 13.1 Å². The van der Waals surface area contributed by atoms with E-state index in [0.717, 1.165) is 19.0 Å². The van der Waals surface area contributed by atoms with Gasteiger partial charge in [-0.15, -0.1) is 0 Å². The Kier molecular flexibility index (Phi) is 3.34. The van der Waals surface area contributed by atoms with Gasteiger partial charge in [-0.1, -0.05) is 13.0 Å². The summed E-state index contributed by atoms with van der Waals surface area (Å²) >= 11 is 0. The average Bonchev–Trinajstić information content (AvgIpc) is 3.06. The number of phenolic OH excluding ortho intramolecular Hbond substituents is 1. The van der Waals surface area contributed by atoms with Gasteiger partial charge in [0.2, 0.25) is 0 Å². The lowest BCUT2D eigenvalue weighted by Crippen LogP contribution is -2.25. The molecular formula is C13H20N2O. The summed E-state index contributed by atoms with van der Waals surface area (Å²) in [6.45, 7) is 5.37. The molecule has 2 rings (SSSR count). The molecular weight excluding hydrogens is 200 g/mol. The molecule has 1 fully saturated rings. The third-order valence-electron chi connectivity index (χ3n) is 3.16. The van der Waals surface area contributed by atoms with Gasteiger partial charge in [-0.3, -0.25) is 4.90 Å². The second-order valence-corrected chi connectivity index (χ2v) is 4.66. The largest absolute Gasteiger partial charge is 0.506 e. The number of phenols is 1. The summed E-state index contributed by atoms with van der Waals surface area (Å²) in [6.07, 6.45) is 2.77. The molecule has 0 spiro atoms. The van der Waals surface area contributed by atoms with E-state index in [1.807, 2.05) is 12.1 Å². The highest BCUT2D eigenvalue weighted by molar-refractivity contribution is 5.53. The van der Waals surface area contributed by atoms with Gasteiger partial charge in [0.15, 0.2) is 0 Å². The standard InChI is InChI=1S/C13H20N2O/c1-2-15(8-10-3-4-10)9-11-5-6-13(16)12(14)7-11/h5-7,10,16H,2-4,8-9,14H2,1H3. The van der Waals surface area contributed by atoms with E-state index in [1.54, 1.807) is 6.07 Å². The van der Waals surface area contributed by atoms with E-state index in [1.165, 1.54) is 24.9 Å². The smallest absolute Gasteiger partial charge is 0.138 e. The van der Waals surface area contributed by atoms with E-state index in [4.69, 9.17) is 5.73 Å². The first-order chi connectivity index (χ1) is 7.69. The number of nitrogen functional groups attached to an aromatic ring is 1. The van der Waals surface area contributed by atoms with E-state index >= 15 is 0 Å². The molecule has 1 aliphatic carbocycles. The molecule has 1 saturated carbocycles. The number of rotatable bonds is 5. The van der Waals surface area contributed by atoms with Crippen molar-refractivity contribution in [2.45, 2.75) is 26.3 Å². The summed E-state index contributed by atoms with van der Waals surface area (Å²) < 4.78 is 0. The predicted molar refractivity (Wildman–Crippen MR) is 66.2 cm³/mol. The Balaban J connectivity index is 1.97. The number of hydrogen-bond acceptors (Lipinski definition) is 3. The van der Waals surface area contributed by atoms with Crippen molar-refractivity contribution in [3.05, 3.63) is 23.8 Å². The summed E-state index contributed by atoms with van der Waals surface area (Å²) in [5.74, 6) is 1.09. The lowest BCUT2D eigenvalue weighted by Gasteiger charge is -2.20. The van der Waals surface area contributed by atoms with E-state index < -0.39 is 0 Å². The van der Waals surface area contributed by atoms with Crippen molar-refractivity contribution in [3.63, 3.8) is 0 Å². The first-order valence-electron chi connectivity index (χ1n) is 5.98. The van der Waals surface area contributed by atoms with Crippen molar-refractivity contribution in [1.29, 1.82) is 0 Å². The summed E-state index contributed by atoms with van der Waals surface area (Å²) in [7, 11) is 0. The van der Waals surface area contributed by atoms with Crippen molar-refractivity contribution in [2.24, 2.45) is 5.92 Å². The Morgan fingerprint density at radius 2 is 2.19 bits per heavy atom. The molecule has 1 aromatic rings. The fourth-order valence-corrected chi connectivity index (χ4v) is 1.93. The molecule has 3 heteroatoms. The minimum absolute atomic E-state index is 0.175. The second kappa shape index (κ2) is 4.74. The highest BCUT2D eigenvalue weighted by Crippen LogP contribution is 2.30. The molecule has 0 unspecified atom stereocenters. The number of hydrogen-bond donors (Lipinski definition) is 2. The topological polar surface area (TPSA) is 49.5 Å². The average molecular weight is 220 g/mol. The number of nitrogens with zero attached hydrogens (tertiary/aromatic N) is 1. The Bertz CT molecular complexity index is 361. The van der Waals surface area contributed by atoms with Gasteiger partial charge < -0.3 is 10.8 Å². The molecule has 0 heterocycles. The molecule has 1 aromatic carbocycles. The van der Waals surface area contributed by atoms with Crippen LogP contribution in [0.2, 0.25) is 0 Å². The van der Waals surface area contributed by atoms with Gasteiger partial charge in [-0.2, -0.15) is 0 Å². The first kappa shape index (κ1) is 11.3. The molecule has 16 heavy (non-hydrogen) atoms. The maximum atomic E-state index is 9.35. The molecule has 0 radical (unpaired) electrons. The van der Waals surface area contributed by atoms with Crippen molar-refractivity contribution < 1.29 is 5.11 Å². The number of benzene rings is 1. The zero-order valence-electron chi connectivity index (χ0n) is 9.82. The molecule has 1 aliphatic rings. The molecule has 3 nitrogen and oxygen atoms in total. The van der Waals surface area contributed by atoms with Crippen molar-refractivity contribution >= 4 is 5.69 Å². The lowest BCUT2D eigenvalue weighted by atomic mass is 10.1. The van der Waals surface area contributed by atoms with Gasteiger partial charge >= 0.3 is 0 Å². The van der Waals surface area contributed by atoms with Crippen molar-refractivity contribution in [1.82, 2.24) is 4.90 Å². The normalized spacial score (nSPS) is 15.6. The summed E-state index contributed by atoms with van der Waals surface area (Å²) in [5.41, 5.74) is 7.33. The van der Waals surface area contributed by atoms with E-state index in [-0.39, 0.29) is 5.75 Å². The Hall–Kier alpha value is -1.22. The molecule has 3 N–H and O–H groups in total. The summed E-state index contributed by atoms with van der Waals surface area (Å²) in [6, 6.07) is 5.49. The number of anilines is 1. The molecule has 0 aliphatic heterocycles. The van der Waals surface area contributed by atoms with Crippen LogP contribution in [0.3, 0.4) is 0 Å². The zero-order chi connectivity index (χ0) is 11.5. The van der Waals surface area contributed by atoms with E-state index in [0.29, 0.717) is 5.69 Å². The first-order valence-corrected chi connectivity index (χ1v) is 5.98. The third-order valence-corrected chi connectivity index (χ3v) is 3.16. The highest BCUT2D eigenvalue weighted by Gasteiger charge is 2.23. The van der Waals surface area contributed by atoms with Crippen LogP contribution in [-0.4, -0.2) is 23.1 Å². The molecule has 0 saturated heterocycles. The van der Waals surface area contributed by atoms with Crippen LogP contribution in [0.4, 0.5) is 5.69 Å². The summed E-state index contributed by atoms with van der Waals surface area (Å²) in [4.78, 5) is 2.43. The van der Waals surface area contributed by atoms with Gasteiger partial charge in [0.25, 0.3) is 0 Å². The van der Waals surface area contributed by atoms with Crippen LogP contribution < -0.4 is 5.73 Å².